The van der Waals surface area contributed by atoms with Crippen LogP contribution in [-0.2, 0) is 12.8 Å². The van der Waals surface area contributed by atoms with Gasteiger partial charge in [-0.3, -0.25) is 4.98 Å². The summed E-state index contributed by atoms with van der Waals surface area (Å²) >= 11 is 0. The summed E-state index contributed by atoms with van der Waals surface area (Å²) in [7, 11) is 1.63. The molecule has 0 amide bonds. The number of hydrogen-bond donors (Lipinski definition) is 3. The Labute approximate surface area is 180 Å². The molecule has 160 valence electrons. The molecule has 0 saturated carbocycles. The molecule has 7 nitrogen and oxygen atoms in total. The molecule has 1 unspecified atom stereocenters. The molecule has 1 aliphatic carbocycles. The van der Waals surface area contributed by atoms with Gasteiger partial charge in [0.05, 0.1) is 18.3 Å². The van der Waals surface area contributed by atoms with E-state index in [1.54, 1.807) is 7.11 Å². The van der Waals surface area contributed by atoms with Gasteiger partial charge in [-0.1, -0.05) is 6.92 Å². The molecule has 4 N–H and O–H groups in total. The lowest BCUT2D eigenvalue weighted by atomic mass is 9.78. The average Bonchev–Trinajstić information content (AvgIpc) is 3.17. The predicted octanol–water partition coefficient (Wildman–Crippen LogP) is 3.22. The highest BCUT2D eigenvalue weighted by Crippen LogP contribution is 2.44. The zero-order valence-corrected chi connectivity index (χ0v) is 17.6. The fraction of sp³-hybridized carbons (Fsp3) is 0.333. The Hall–Kier alpha value is -3.16. The lowest BCUT2D eigenvalue weighted by molar-refractivity contribution is 0.0691. The highest BCUT2D eigenvalue weighted by molar-refractivity contribution is 5.94. The molecule has 1 aliphatic heterocycles. The zero-order chi connectivity index (χ0) is 21.8. The minimum absolute atomic E-state index is 0.211. The maximum atomic E-state index is 12.2. The minimum atomic E-state index is -0.962. The van der Waals surface area contributed by atoms with Gasteiger partial charge in [-0.25, -0.2) is 4.79 Å². The number of carboxylic acids is 1. The highest BCUT2D eigenvalue weighted by Gasteiger charge is 2.43. The van der Waals surface area contributed by atoms with Crippen molar-refractivity contribution in [3.63, 3.8) is 0 Å². The quantitative estimate of drug-likeness (QED) is 0.582. The first-order valence-corrected chi connectivity index (χ1v) is 10.4. The molecular weight excluding hydrogens is 394 g/mol. The second kappa shape index (κ2) is 7.21. The van der Waals surface area contributed by atoms with Gasteiger partial charge in [0.2, 0.25) is 0 Å². The van der Waals surface area contributed by atoms with Gasteiger partial charge in [-0.05, 0) is 48.7 Å². The second-order valence-electron chi connectivity index (χ2n) is 8.47. The normalized spacial score (nSPS) is 17.3. The lowest BCUT2D eigenvalue weighted by Crippen LogP contribution is -2.68. The van der Waals surface area contributed by atoms with Crippen LogP contribution in [0.3, 0.4) is 0 Å². The molecule has 0 spiro atoms. The van der Waals surface area contributed by atoms with E-state index in [-0.39, 0.29) is 11.5 Å². The molecule has 2 aromatic heterocycles. The van der Waals surface area contributed by atoms with Crippen molar-refractivity contribution in [1.82, 2.24) is 10.3 Å². The first kappa shape index (κ1) is 19.8. The van der Waals surface area contributed by atoms with Crippen LogP contribution in [0.4, 0.5) is 0 Å². The van der Waals surface area contributed by atoms with Crippen molar-refractivity contribution in [3.8, 4) is 28.3 Å². The first-order valence-electron chi connectivity index (χ1n) is 10.4. The van der Waals surface area contributed by atoms with Gasteiger partial charge in [-0.2, -0.15) is 0 Å². The Kier molecular flexibility index (Phi) is 4.60. The van der Waals surface area contributed by atoms with Crippen LogP contribution >= 0.6 is 0 Å². The number of methoxy groups -OCH3 is 1. The largest absolute Gasteiger partial charge is 0.497 e. The third-order valence-electron chi connectivity index (χ3n) is 6.67. The van der Waals surface area contributed by atoms with Crippen LogP contribution in [0.2, 0.25) is 0 Å². The summed E-state index contributed by atoms with van der Waals surface area (Å²) in [6.45, 7) is 3.23. The van der Waals surface area contributed by atoms with Gasteiger partial charge >= 0.3 is 5.97 Å². The molecule has 2 aliphatic rings. The molecule has 1 aromatic carbocycles. The van der Waals surface area contributed by atoms with Crippen LogP contribution in [0.15, 0.2) is 40.9 Å². The number of benzene rings is 1. The first-order chi connectivity index (χ1) is 14.9. The van der Waals surface area contributed by atoms with Crippen molar-refractivity contribution < 1.29 is 19.1 Å². The smallest absolute Gasteiger partial charge is 0.339 e. The number of carboxylic acid groups (broad SMARTS) is 1. The van der Waals surface area contributed by atoms with E-state index in [0.717, 1.165) is 40.1 Å². The third-order valence-corrected chi connectivity index (χ3v) is 6.67. The SMILES string of the molecule is COc1ccc(-c2cc3c(cn2)CCc2c-3oc(C(C)C3(N)CNC3)c2C(=O)O)cc1. The molecule has 0 radical (unpaired) electrons. The Morgan fingerprint density at radius 2 is 2.03 bits per heavy atom. The number of aromatic carboxylic acids is 1. The number of carbonyl (C=O) groups is 1. The van der Waals surface area contributed by atoms with Gasteiger partial charge in [0.15, 0.2) is 0 Å². The maximum Gasteiger partial charge on any atom is 0.339 e. The number of aryl methyl sites for hydroxylation is 1. The summed E-state index contributed by atoms with van der Waals surface area (Å²) < 4.78 is 11.5. The van der Waals surface area contributed by atoms with E-state index in [1.165, 1.54) is 0 Å². The van der Waals surface area contributed by atoms with Gasteiger partial charge < -0.3 is 25.3 Å². The van der Waals surface area contributed by atoms with Crippen molar-refractivity contribution in [2.75, 3.05) is 20.2 Å². The van der Waals surface area contributed by atoms with E-state index in [9.17, 15) is 9.90 Å². The summed E-state index contributed by atoms with van der Waals surface area (Å²) in [5.41, 5.74) is 10.7. The molecule has 7 heteroatoms. The van der Waals surface area contributed by atoms with E-state index < -0.39 is 11.5 Å². The van der Waals surface area contributed by atoms with E-state index in [2.05, 4.69) is 10.3 Å². The molecule has 1 atom stereocenters. The lowest BCUT2D eigenvalue weighted by Gasteiger charge is -2.43. The highest BCUT2D eigenvalue weighted by atomic mass is 16.5. The van der Waals surface area contributed by atoms with Gasteiger partial charge in [-0.15, -0.1) is 0 Å². The maximum absolute atomic E-state index is 12.2. The van der Waals surface area contributed by atoms with Crippen molar-refractivity contribution in [3.05, 3.63) is 59.0 Å². The number of rotatable bonds is 5. The summed E-state index contributed by atoms with van der Waals surface area (Å²) in [4.78, 5) is 16.8. The number of nitrogens with two attached hydrogens (primary N) is 1. The average molecular weight is 419 g/mol. The van der Waals surface area contributed by atoms with Gasteiger partial charge in [0, 0.05) is 41.9 Å². The molecule has 31 heavy (non-hydrogen) atoms. The second-order valence-corrected chi connectivity index (χ2v) is 8.47. The van der Waals surface area contributed by atoms with Crippen LogP contribution in [-0.4, -0.2) is 41.8 Å². The third kappa shape index (κ3) is 3.12. The topological polar surface area (TPSA) is 111 Å². The molecule has 1 fully saturated rings. The van der Waals surface area contributed by atoms with Crippen molar-refractivity contribution >= 4 is 5.97 Å². The van der Waals surface area contributed by atoms with Crippen molar-refractivity contribution in [1.29, 1.82) is 0 Å². The molecule has 0 bridgehead atoms. The molecule has 5 rings (SSSR count). The number of pyridine rings is 1. The number of aromatic nitrogens is 1. The standard InChI is InChI=1S/C24H25N3O4/c1-13(24(25)11-26-12-24)21-20(23(28)29)17-8-5-15-10-27-19(9-18(15)22(17)31-21)14-3-6-16(30-2)7-4-14/h3-4,6-7,9-10,13,26H,5,8,11-12,25H2,1-2H3,(H,28,29). The Morgan fingerprint density at radius 3 is 2.65 bits per heavy atom. The summed E-state index contributed by atoms with van der Waals surface area (Å²) in [5, 5.41) is 13.2. The van der Waals surface area contributed by atoms with Crippen LogP contribution < -0.4 is 15.8 Å². The van der Waals surface area contributed by atoms with Crippen molar-refractivity contribution in [2.45, 2.75) is 31.2 Å². The Morgan fingerprint density at radius 1 is 1.29 bits per heavy atom. The Balaban J connectivity index is 1.62. The number of ether oxygens (including phenoxy) is 1. The van der Waals surface area contributed by atoms with E-state index in [1.807, 2.05) is 43.5 Å². The van der Waals surface area contributed by atoms with E-state index >= 15 is 0 Å². The van der Waals surface area contributed by atoms with E-state index in [0.29, 0.717) is 31.0 Å². The predicted molar refractivity (Wildman–Crippen MR) is 116 cm³/mol. The van der Waals surface area contributed by atoms with Crippen LogP contribution in [0, 0.1) is 0 Å². The van der Waals surface area contributed by atoms with Crippen LogP contribution in [0.25, 0.3) is 22.6 Å². The molecule has 3 heterocycles. The summed E-state index contributed by atoms with van der Waals surface area (Å²) in [6, 6.07) is 9.69. The number of nitrogens with zero attached hydrogens (tertiary/aromatic N) is 1. The van der Waals surface area contributed by atoms with Gasteiger partial charge in [0.1, 0.15) is 22.8 Å². The van der Waals surface area contributed by atoms with Crippen LogP contribution in [0.1, 0.15) is 40.1 Å². The number of fused-ring (bicyclic) bond motifs is 3. The number of furan rings is 1. The monoisotopic (exact) mass is 419 g/mol. The fourth-order valence-corrected chi connectivity index (χ4v) is 4.53. The van der Waals surface area contributed by atoms with Crippen LogP contribution in [0.5, 0.6) is 5.75 Å². The summed E-state index contributed by atoms with van der Waals surface area (Å²) in [5.74, 6) is 0.707. The Bertz CT molecular complexity index is 1160. The molecule has 3 aromatic rings. The zero-order valence-electron chi connectivity index (χ0n) is 17.6. The van der Waals surface area contributed by atoms with Crippen molar-refractivity contribution in [2.24, 2.45) is 5.73 Å². The number of hydrogen-bond acceptors (Lipinski definition) is 6. The fourth-order valence-electron chi connectivity index (χ4n) is 4.53. The summed E-state index contributed by atoms with van der Waals surface area (Å²) in [6.07, 6.45) is 3.20. The minimum Gasteiger partial charge on any atom is -0.497 e. The molecule has 1 saturated heterocycles. The van der Waals surface area contributed by atoms with E-state index in [4.69, 9.17) is 14.9 Å². The number of nitrogens with one attached hydrogen (secondary N) is 1. The molecular formula is C24H25N3O4. The van der Waals surface area contributed by atoms with Gasteiger partial charge in [0.25, 0.3) is 0 Å².